The standard InChI is InChI=1S/C13H22ClN/c1-9(5-14)6-15-7-12-10-2-3-11(4-10)13(12)8-15/h9-13H,2-8H2,1H3/t9?,10?,11?,12-,13+. The average Bonchev–Trinajstić information content (AvgIpc) is 2.87. The van der Waals surface area contributed by atoms with E-state index in [9.17, 15) is 0 Å². The number of fused-ring (bicyclic) bond motifs is 5. The first-order valence-corrected chi connectivity index (χ1v) is 7.09. The molecule has 2 heteroatoms. The van der Waals surface area contributed by atoms with Crippen LogP contribution in [0.2, 0.25) is 0 Å². The van der Waals surface area contributed by atoms with E-state index in [1.165, 1.54) is 32.5 Å². The molecule has 0 aromatic rings. The maximum atomic E-state index is 5.89. The summed E-state index contributed by atoms with van der Waals surface area (Å²) >= 11 is 5.89. The Balaban J connectivity index is 1.60. The molecule has 2 saturated carbocycles. The van der Waals surface area contributed by atoms with Gasteiger partial charge in [-0.05, 0) is 48.9 Å². The molecule has 2 bridgehead atoms. The molecule has 0 N–H and O–H groups in total. The Bertz CT molecular complexity index is 225. The maximum Gasteiger partial charge on any atom is 0.0261 e. The van der Waals surface area contributed by atoms with E-state index in [-0.39, 0.29) is 0 Å². The highest BCUT2D eigenvalue weighted by atomic mass is 35.5. The zero-order valence-corrected chi connectivity index (χ0v) is 10.4. The van der Waals surface area contributed by atoms with Gasteiger partial charge in [-0.3, -0.25) is 0 Å². The highest BCUT2D eigenvalue weighted by Crippen LogP contribution is 2.55. The number of alkyl halides is 1. The quantitative estimate of drug-likeness (QED) is 0.671. The van der Waals surface area contributed by atoms with Gasteiger partial charge >= 0.3 is 0 Å². The molecule has 1 nitrogen and oxygen atoms in total. The Morgan fingerprint density at radius 1 is 1.20 bits per heavy atom. The summed E-state index contributed by atoms with van der Waals surface area (Å²) in [6.45, 7) is 6.27. The van der Waals surface area contributed by atoms with Crippen LogP contribution < -0.4 is 0 Å². The number of rotatable bonds is 3. The van der Waals surface area contributed by atoms with Gasteiger partial charge in [-0.2, -0.15) is 0 Å². The number of hydrogen-bond acceptors (Lipinski definition) is 1. The van der Waals surface area contributed by atoms with Crippen molar-refractivity contribution in [3.05, 3.63) is 0 Å². The molecule has 3 rings (SSSR count). The van der Waals surface area contributed by atoms with Gasteiger partial charge in [-0.15, -0.1) is 11.6 Å². The Morgan fingerprint density at radius 2 is 1.80 bits per heavy atom. The van der Waals surface area contributed by atoms with Crippen molar-refractivity contribution in [2.75, 3.05) is 25.5 Å². The molecule has 2 aliphatic carbocycles. The predicted octanol–water partition coefficient (Wildman–Crippen LogP) is 2.84. The molecule has 1 aliphatic heterocycles. The second kappa shape index (κ2) is 3.92. The van der Waals surface area contributed by atoms with Crippen LogP contribution in [0.25, 0.3) is 0 Å². The summed E-state index contributed by atoms with van der Waals surface area (Å²) < 4.78 is 0. The topological polar surface area (TPSA) is 3.24 Å². The number of nitrogens with zero attached hydrogens (tertiary/aromatic N) is 1. The molecule has 0 amide bonds. The summed E-state index contributed by atoms with van der Waals surface area (Å²) in [5, 5.41) is 0. The van der Waals surface area contributed by atoms with Crippen LogP contribution in [0.3, 0.4) is 0 Å². The molecule has 3 aliphatic rings. The third-order valence-corrected chi connectivity index (χ3v) is 5.57. The van der Waals surface area contributed by atoms with Crippen molar-refractivity contribution in [1.82, 2.24) is 4.90 Å². The smallest absolute Gasteiger partial charge is 0.0261 e. The average molecular weight is 228 g/mol. The molecule has 0 spiro atoms. The molecule has 5 atom stereocenters. The van der Waals surface area contributed by atoms with E-state index in [4.69, 9.17) is 11.6 Å². The van der Waals surface area contributed by atoms with E-state index in [0.717, 1.165) is 29.6 Å². The highest BCUT2D eigenvalue weighted by molar-refractivity contribution is 6.18. The van der Waals surface area contributed by atoms with E-state index in [1.54, 1.807) is 6.42 Å². The third kappa shape index (κ3) is 1.72. The van der Waals surface area contributed by atoms with Gasteiger partial charge < -0.3 is 4.90 Å². The van der Waals surface area contributed by atoms with Crippen molar-refractivity contribution in [2.45, 2.75) is 26.2 Å². The minimum Gasteiger partial charge on any atom is -0.302 e. The lowest BCUT2D eigenvalue weighted by Crippen LogP contribution is -2.28. The van der Waals surface area contributed by atoms with E-state index in [0.29, 0.717) is 5.92 Å². The van der Waals surface area contributed by atoms with E-state index < -0.39 is 0 Å². The monoisotopic (exact) mass is 227 g/mol. The molecule has 0 radical (unpaired) electrons. The summed E-state index contributed by atoms with van der Waals surface area (Å²) in [6, 6.07) is 0. The molecule has 3 fully saturated rings. The van der Waals surface area contributed by atoms with Crippen molar-refractivity contribution in [3.63, 3.8) is 0 Å². The van der Waals surface area contributed by atoms with E-state index in [1.807, 2.05) is 0 Å². The SMILES string of the molecule is CC(CCl)CN1C[C@@H]2C3CCC(C3)[C@@H]2C1. The van der Waals surface area contributed by atoms with Gasteiger partial charge in [0, 0.05) is 25.5 Å². The second-order valence-electron chi connectivity index (χ2n) is 6.14. The summed E-state index contributed by atoms with van der Waals surface area (Å²) in [5.41, 5.74) is 0. The minimum absolute atomic E-state index is 0.670. The number of halogens is 1. The van der Waals surface area contributed by atoms with Crippen molar-refractivity contribution < 1.29 is 0 Å². The molecule has 0 aromatic carbocycles. The fourth-order valence-electron chi connectivity index (χ4n) is 4.41. The molecule has 0 aromatic heterocycles. The van der Waals surface area contributed by atoms with Crippen LogP contribution in [0, 0.1) is 29.6 Å². The van der Waals surface area contributed by atoms with Crippen LogP contribution in [0.15, 0.2) is 0 Å². The number of hydrogen-bond donors (Lipinski definition) is 0. The summed E-state index contributed by atoms with van der Waals surface area (Å²) in [4.78, 5) is 2.69. The largest absolute Gasteiger partial charge is 0.302 e. The van der Waals surface area contributed by atoms with Gasteiger partial charge in [0.2, 0.25) is 0 Å². The maximum absolute atomic E-state index is 5.89. The van der Waals surface area contributed by atoms with Crippen molar-refractivity contribution >= 4 is 11.6 Å². The Hall–Kier alpha value is 0.250. The van der Waals surface area contributed by atoms with Gasteiger partial charge in [-0.1, -0.05) is 6.92 Å². The molecule has 3 unspecified atom stereocenters. The lowest BCUT2D eigenvalue weighted by atomic mass is 9.82. The minimum atomic E-state index is 0.670. The summed E-state index contributed by atoms with van der Waals surface area (Å²) in [5.74, 6) is 5.80. The zero-order chi connectivity index (χ0) is 10.4. The van der Waals surface area contributed by atoms with Gasteiger partial charge in [0.15, 0.2) is 0 Å². The Kier molecular flexibility index (Phi) is 2.72. The molecular formula is C13H22ClN. The van der Waals surface area contributed by atoms with Gasteiger partial charge in [0.25, 0.3) is 0 Å². The van der Waals surface area contributed by atoms with Gasteiger partial charge in [0.05, 0.1) is 0 Å². The van der Waals surface area contributed by atoms with Crippen LogP contribution >= 0.6 is 11.6 Å². The zero-order valence-electron chi connectivity index (χ0n) is 9.66. The van der Waals surface area contributed by atoms with Crippen LogP contribution in [-0.4, -0.2) is 30.4 Å². The normalized spacial score (nSPS) is 46.0. The fraction of sp³-hybridized carbons (Fsp3) is 1.00. The van der Waals surface area contributed by atoms with Crippen molar-refractivity contribution in [1.29, 1.82) is 0 Å². The number of likely N-dealkylation sites (tertiary alicyclic amines) is 1. The molecule has 15 heavy (non-hydrogen) atoms. The summed E-state index contributed by atoms with van der Waals surface area (Å²) in [6.07, 6.45) is 4.63. The lowest BCUT2D eigenvalue weighted by Gasteiger charge is -2.22. The molecule has 86 valence electrons. The van der Waals surface area contributed by atoms with Gasteiger partial charge in [-0.25, -0.2) is 0 Å². The first-order chi connectivity index (χ1) is 7.28. The van der Waals surface area contributed by atoms with Crippen LogP contribution in [0.5, 0.6) is 0 Å². The van der Waals surface area contributed by atoms with Crippen LogP contribution in [0.1, 0.15) is 26.2 Å². The van der Waals surface area contributed by atoms with Gasteiger partial charge in [0.1, 0.15) is 0 Å². The second-order valence-corrected chi connectivity index (χ2v) is 6.45. The van der Waals surface area contributed by atoms with E-state index in [2.05, 4.69) is 11.8 Å². The Labute approximate surface area is 98.2 Å². The fourth-order valence-corrected chi connectivity index (χ4v) is 4.51. The van der Waals surface area contributed by atoms with Crippen LogP contribution in [0.4, 0.5) is 0 Å². The first-order valence-electron chi connectivity index (χ1n) is 6.56. The van der Waals surface area contributed by atoms with Crippen molar-refractivity contribution in [3.8, 4) is 0 Å². The highest BCUT2D eigenvalue weighted by Gasteiger charge is 2.51. The molecule has 1 saturated heterocycles. The van der Waals surface area contributed by atoms with Crippen LogP contribution in [-0.2, 0) is 0 Å². The first kappa shape index (κ1) is 10.4. The predicted molar refractivity (Wildman–Crippen MR) is 64.1 cm³/mol. The summed E-state index contributed by atoms with van der Waals surface area (Å²) in [7, 11) is 0. The van der Waals surface area contributed by atoms with E-state index >= 15 is 0 Å². The Morgan fingerprint density at radius 3 is 2.33 bits per heavy atom. The molecule has 1 heterocycles. The lowest BCUT2D eigenvalue weighted by molar-refractivity contribution is 0.266. The van der Waals surface area contributed by atoms with Crippen molar-refractivity contribution in [2.24, 2.45) is 29.6 Å². The third-order valence-electron chi connectivity index (χ3n) is 5.05. The molecular weight excluding hydrogens is 206 g/mol.